The molecule has 152 valence electrons. The van der Waals surface area contributed by atoms with E-state index in [1.807, 2.05) is 37.5 Å². The van der Waals surface area contributed by atoms with Crippen LogP contribution in [0.5, 0.6) is 5.75 Å². The fourth-order valence-corrected chi connectivity index (χ4v) is 4.99. The fourth-order valence-electron chi connectivity index (χ4n) is 4.70. The molecule has 0 unspecified atom stereocenters. The number of ether oxygens (including phenoxy) is 2. The van der Waals surface area contributed by atoms with Crippen molar-refractivity contribution >= 4 is 23.2 Å². The molecule has 2 aliphatic heterocycles. The van der Waals surface area contributed by atoms with E-state index < -0.39 is 0 Å². The molecule has 1 spiro atoms. The number of hydrogen-bond donors (Lipinski definition) is 0. The molecule has 29 heavy (non-hydrogen) atoms. The zero-order chi connectivity index (χ0) is 20.0. The molecule has 1 aromatic carbocycles. The van der Waals surface area contributed by atoms with Crippen molar-refractivity contribution < 1.29 is 9.47 Å². The molecule has 2 aromatic heterocycles. The van der Waals surface area contributed by atoms with Crippen molar-refractivity contribution in [3.63, 3.8) is 0 Å². The summed E-state index contributed by atoms with van der Waals surface area (Å²) in [6, 6.07) is 5.80. The van der Waals surface area contributed by atoms with Gasteiger partial charge in [-0.25, -0.2) is 9.97 Å². The fraction of sp³-hybridized carbons (Fsp3) is 0.455. The number of anilines is 1. The van der Waals surface area contributed by atoms with Gasteiger partial charge in [-0.1, -0.05) is 23.7 Å². The van der Waals surface area contributed by atoms with Gasteiger partial charge in [-0.2, -0.15) is 0 Å². The second-order valence-electron chi connectivity index (χ2n) is 8.10. The van der Waals surface area contributed by atoms with Crippen LogP contribution in [-0.4, -0.2) is 47.8 Å². The summed E-state index contributed by atoms with van der Waals surface area (Å²) < 4.78 is 13.2. The van der Waals surface area contributed by atoms with E-state index in [2.05, 4.69) is 14.3 Å². The molecule has 2 aliphatic rings. The SMILES string of the molecule is COc1cccc(-c2c(C)nc(N3CCC4(CCOC4)CC3)n3ccnc23)c1Cl. The third-order valence-corrected chi connectivity index (χ3v) is 6.84. The normalized spacial score (nSPS) is 18.7. The molecule has 7 heteroatoms. The number of aryl methyl sites for hydroxylation is 1. The van der Waals surface area contributed by atoms with Crippen molar-refractivity contribution in [3.05, 3.63) is 41.3 Å². The standard InChI is InChI=1S/C22H25ClN4O2/c1-15-18(16-4-3-5-17(28-2)19(16)23)20-24-9-12-27(20)21(25-15)26-10-6-22(7-11-26)8-13-29-14-22/h3-5,9,12H,6-8,10-11,13-14H2,1-2H3. The van der Waals surface area contributed by atoms with Crippen molar-refractivity contribution in [2.75, 3.05) is 38.3 Å². The van der Waals surface area contributed by atoms with E-state index in [4.69, 9.17) is 26.1 Å². The second kappa shape index (κ2) is 7.18. The highest BCUT2D eigenvalue weighted by Gasteiger charge is 2.38. The van der Waals surface area contributed by atoms with E-state index >= 15 is 0 Å². The number of hydrogen-bond acceptors (Lipinski definition) is 5. The summed E-state index contributed by atoms with van der Waals surface area (Å²) in [6.07, 6.45) is 7.29. The smallest absolute Gasteiger partial charge is 0.211 e. The molecule has 0 saturated carbocycles. The lowest BCUT2D eigenvalue weighted by atomic mass is 9.78. The minimum atomic E-state index is 0.369. The van der Waals surface area contributed by atoms with Crippen LogP contribution in [0.25, 0.3) is 16.8 Å². The van der Waals surface area contributed by atoms with Gasteiger partial charge in [0.05, 0.1) is 24.4 Å². The molecular formula is C22H25ClN4O2. The summed E-state index contributed by atoms with van der Waals surface area (Å²) in [5, 5.41) is 0.582. The Labute approximate surface area is 175 Å². The maximum atomic E-state index is 6.63. The van der Waals surface area contributed by atoms with Crippen molar-refractivity contribution in [2.24, 2.45) is 5.41 Å². The topological polar surface area (TPSA) is 51.9 Å². The first-order chi connectivity index (χ1) is 14.1. The van der Waals surface area contributed by atoms with Crippen molar-refractivity contribution in [2.45, 2.75) is 26.2 Å². The molecule has 2 fully saturated rings. The average molecular weight is 413 g/mol. The predicted octanol–water partition coefficient (Wildman–Crippen LogP) is 4.37. The molecule has 0 aliphatic carbocycles. The average Bonchev–Trinajstić information content (AvgIpc) is 3.39. The van der Waals surface area contributed by atoms with Gasteiger partial charge in [0.25, 0.3) is 0 Å². The summed E-state index contributed by atoms with van der Waals surface area (Å²) in [4.78, 5) is 12.0. The Morgan fingerprint density at radius 3 is 2.76 bits per heavy atom. The molecule has 0 amide bonds. The summed E-state index contributed by atoms with van der Waals surface area (Å²) in [7, 11) is 1.63. The van der Waals surface area contributed by atoms with Crippen LogP contribution in [0.1, 0.15) is 25.0 Å². The summed E-state index contributed by atoms with van der Waals surface area (Å²) in [5.74, 6) is 1.60. The van der Waals surface area contributed by atoms with Gasteiger partial charge in [0.1, 0.15) is 11.4 Å². The maximum absolute atomic E-state index is 6.63. The molecule has 0 N–H and O–H groups in total. The van der Waals surface area contributed by atoms with Gasteiger partial charge in [-0.3, -0.25) is 4.40 Å². The largest absolute Gasteiger partial charge is 0.495 e. The van der Waals surface area contributed by atoms with Crippen molar-refractivity contribution in [3.8, 4) is 16.9 Å². The number of methoxy groups -OCH3 is 1. The molecule has 0 bridgehead atoms. The summed E-state index contributed by atoms with van der Waals surface area (Å²) in [6.45, 7) is 5.81. The van der Waals surface area contributed by atoms with Crippen molar-refractivity contribution in [1.29, 1.82) is 0 Å². The van der Waals surface area contributed by atoms with Crippen LogP contribution in [0.15, 0.2) is 30.6 Å². The third kappa shape index (κ3) is 3.06. The molecule has 0 radical (unpaired) electrons. The van der Waals surface area contributed by atoms with Gasteiger partial charge in [0.2, 0.25) is 5.95 Å². The Bertz CT molecular complexity index is 1050. The lowest BCUT2D eigenvalue weighted by Crippen LogP contribution is -2.41. The highest BCUT2D eigenvalue weighted by Crippen LogP contribution is 2.42. The molecule has 3 aromatic rings. The van der Waals surface area contributed by atoms with Crippen molar-refractivity contribution in [1.82, 2.24) is 14.4 Å². The lowest BCUT2D eigenvalue weighted by molar-refractivity contribution is 0.133. The number of aromatic nitrogens is 3. The monoisotopic (exact) mass is 412 g/mol. The van der Waals surface area contributed by atoms with E-state index in [1.165, 1.54) is 6.42 Å². The van der Waals surface area contributed by atoms with Crippen LogP contribution < -0.4 is 9.64 Å². The summed E-state index contributed by atoms with van der Waals surface area (Å²) in [5.41, 5.74) is 3.98. The predicted molar refractivity (Wildman–Crippen MR) is 114 cm³/mol. The molecule has 2 saturated heterocycles. The zero-order valence-corrected chi connectivity index (χ0v) is 17.6. The molecule has 0 atom stereocenters. The van der Waals surface area contributed by atoms with Crippen LogP contribution in [0, 0.1) is 12.3 Å². The van der Waals surface area contributed by atoms with Gasteiger partial charge in [0.15, 0.2) is 0 Å². The Kier molecular flexibility index (Phi) is 4.63. The number of nitrogens with zero attached hydrogens (tertiary/aromatic N) is 4. The van der Waals surface area contributed by atoms with Crippen LogP contribution in [0.3, 0.4) is 0 Å². The van der Waals surface area contributed by atoms with E-state index in [1.54, 1.807) is 7.11 Å². The number of halogens is 1. The Balaban J connectivity index is 1.56. The number of benzene rings is 1. The van der Waals surface area contributed by atoms with Gasteiger partial charge in [0, 0.05) is 43.2 Å². The van der Waals surface area contributed by atoms with Crippen LogP contribution in [-0.2, 0) is 4.74 Å². The van der Waals surface area contributed by atoms with Crippen LogP contribution in [0.2, 0.25) is 5.02 Å². The maximum Gasteiger partial charge on any atom is 0.211 e. The van der Waals surface area contributed by atoms with Gasteiger partial charge >= 0.3 is 0 Å². The molecule has 5 rings (SSSR count). The molecule has 4 heterocycles. The summed E-state index contributed by atoms with van der Waals surface area (Å²) >= 11 is 6.63. The van der Waals surface area contributed by atoms with Gasteiger partial charge in [-0.05, 0) is 37.7 Å². The quantitative estimate of drug-likeness (QED) is 0.639. The third-order valence-electron chi connectivity index (χ3n) is 6.45. The second-order valence-corrected chi connectivity index (χ2v) is 8.48. The van der Waals surface area contributed by atoms with Gasteiger partial charge < -0.3 is 14.4 Å². The first-order valence-electron chi connectivity index (χ1n) is 10.1. The minimum Gasteiger partial charge on any atom is -0.495 e. The lowest BCUT2D eigenvalue weighted by Gasteiger charge is -2.39. The number of imidazole rings is 1. The minimum absolute atomic E-state index is 0.369. The zero-order valence-electron chi connectivity index (χ0n) is 16.8. The van der Waals surface area contributed by atoms with E-state index in [-0.39, 0.29) is 0 Å². The molecular weight excluding hydrogens is 388 g/mol. The first kappa shape index (κ1) is 18.7. The molecule has 6 nitrogen and oxygen atoms in total. The van der Waals surface area contributed by atoms with E-state index in [0.717, 1.165) is 67.6 Å². The number of rotatable bonds is 3. The Hall–Kier alpha value is -2.31. The van der Waals surface area contributed by atoms with E-state index in [0.29, 0.717) is 16.2 Å². The highest BCUT2D eigenvalue weighted by molar-refractivity contribution is 6.35. The number of piperidine rings is 1. The van der Waals surface area contributed by atoms with Crippen LogP contribution >= 0.6 is 11.6 Å². The Morgan fingerprint density at radius 2 is 2.03 bits per heavy atom. The van der Waals surface area contributed by atoms with Crippen LogP contribution in [0.4, 0.5) is 5.95 Å². The number of fused-ring (bicyclic) bond motifs is 1. The van der Waals surface area contributed by atoms with E-state index in [9.17, 15) is 0 Å². The first-order valence-corrected chi connectivity index (χ1v) is 10.5. The highest BCUT2D eigenvalue weighted by atomic mass is 35.5. The Morgan fingerprint density at radius 1 is 1.21 bits per heavy atom. The van der Waals surface area contributed by atoms with Gasteiger partial charge in [-0.15, -0.1) is 0 Å².